The zero-order valence-corrected chi connectivity index (χ0v) is 12.4. The molecular weight excluding hydrogens is 302 g/mol. The van der Waals surface area contributed by atoms with E-state index >= 15 is 0 Å². The molecule has 0 aliphatic rings. The van der Waals surface area contributed by atoms with Gasteiger partial charge in [-0.25, -0.2) is 0 Å². The number of nitrogens with zero attached hydrogens (tertiary/aromatic N) is 1. The number of rotatable bonds is 2. The lowest BCUT2D eigenvalue weighted by atomic mass is 10.2. The molecule has 0 bridgehead atoms. The molecule has 0 saturated heterocycles. The SMILES string of the molecule is Cc1cc(Cl)ccc1NC(=O)C(=O)Nc1ccc(C#N)cc1. The van der Waals surface area contributed by atoms with E-state index in [1.54, 1.807) is 49.4 Å². The van der Waals surface area contributed by atoms with E-state index in [1.165, 1.54) is 0 Å². The molecule has 5 nitrogen and oxygen atoms in total. The number of amides is 2. The highest BCUT2D eigenvalue weighted by molar-refractivity contribution is 6.43. The minimum absolute atomic E-state index is 0.437. The van der Waals surface area contributed by atoms with E-state index in [4.69, 9.17) is 16.9 Å². The molecule has 0 spiro atoms. The molecule has 0 saturated carbocycles. The monoisotopic (exact) mass is 313 g/mol. The van der Waals surface area contributed by atoms with E-state index in [2.05, 4.69) is 10.6 Å². The number of halogens is 1. The molecule has 0 radical (unpaired) electrons. The van der Waals surface area contributed by atoms with Crippen molar-refractivity contribution in [3.8, 4) is 6.07 Å². The maximum Gasteiger partial charge on any atom is 0.314 e. The molecule has 2 N–H and O–H groups in total. The maximum atomic E-state index is 11.9. The van der Waals surface area contributed by atoms with Crippen molar-refractivity contribution in [3.63, 3.8) is 0 Å². The zero-order chi connectivity index (χ0) is 16.1. The largest absolute Gasteiger partial charge is 0.318 e. The molecule has 0 aromatic heterocycles. The summed E-state index contributed by atoms with van der Waals surface area (Å²) in [6.45, 7) is 1.78. The number of benzene rings is 2. The van der Waals surface area contributed by atoms with Crippen LogP contribution in [0.4, 0.5) is 11.4 Å². The number of nitrogens with one attached hydrogen (secondary N) is 2. The van der Waals surface area contributed by atoms with Gasteiger partial charge in [0.2, 0.25) is 0 Å². The van der Waals surface area contributed by atoms with Crippen LogP contribution in [0, 0.1) is 18.3 Å². The fourth-order valence-electron chi connectivity index (χ4n) is 1.76. The van der Waals surface area contributed by atoms with Crippen molar-refractivity contribution >= 4 is 34.8 Å². The van der Waals surface area contributed by atoms with Gasteiger partial charge in [-0.2, -0.15) is 5.26 Å². The van der Waals surface area contributed by atoms with Crippen LogP contribution in [0.5, 0.6) is 0 Å². The van der Waals surface area contributed by atoms with Crippen molar-refractivity contribution in [2.45, 2.75) is 6.92 Å². The van der Waals surface area contributed by atoms with Gasteiger partial charge in [-0.3, -0.25) is 9.59 Å². The number of hydrogen-bond acceptors (Lipinski definition) is 3. The molecule has 0 unspecified atom stereocenters. The Morgan fingerprint density at radius 1 is 1.05 bits per heavy atom. The topological polar surface area (TPSA) is 82.0 Å². The van der Waals surface area contributed by atoms with Crippen LogP contribution in [0.15, 0.2) is 42.5 Å². The van der Waals surface area contributed by atoms with Gasteiger partial charge < -0.3 is 10.6 Å². The Morgan fingerprint density at radius 3 is 2.27 bits per heavy atom. The summed E-state index contributed by atoms with van der Waals surface area (Å²) < 4.78 is 0. The third-order valence-corrected chi connectivity index (χ3v) is 3.15. The minimum atomic E-state index is -0.793. The molecule has 0 atom stereocenters. The second-order valence-electron chi connectivity index (χ2n) is 4.56. The molecular formula is C16H12ClN3O2. The van der Waals surface area contributed by atoms with Gasteiger partial charge in [0.25, 0.3) is 0 Å². The molecule has 0 fully saturated rings. The summed E-state index contributed by atoms with van der Waals surface area (Å²) in [5, 5.41) is 14.2. The van der Waals surface area contributed by atoms with E-state index in [0.717, 1.165) is 5.56 Å². The van der Waals surface area contributed by atoms with Gasteiger partial charge >= 0.3 is 11.8 Å². The standard InChI is InChI=1S/C16H12ClN3O2/c1-10-8-12(17)4-7-14(10)20-16(22)15(21)19-13-5-2-11(9-18)3-6-13/h2-8H,1H3,(H,19,21)(H,20,22). The average molecular weight is 314 g/mol. The van der Waals surface area contributed by atoms with Crippen LogP contribution in [0.25, 0.3) is 0 Å². The predicted molar refractivity (Wildman–Crippen MR) is 84.6 cm³/mol. The quantitative estimate of drug-likeness (QED) is 0.836. The summed E-state index contributed by atoms with van der Waals surface area (Å²) in [7, 11) is 0. The highest BCUT2D eigenvalue weighted by atomic mass is 35.5. The van der Waals surface area contributed by atoms with Crippen molar-refractivity contribution in [1.82, 2.24) is 0 Å². The second kappa shape index (κ2) is 6.74. The molecule has 0 heterocycles. The Bertz CT molecular complexity index is 764. The van der Waals surface area contributed by atoms with Gasteiger partial charge in [0.05, 0.1) is 11.6 Å². The van der Waals surface area contributed by atoms with Crippen LogP contribution in [0.1, 0.15) is 11.1 Å². The van der Waals surface area contributed by atoms with Crippen molar-refractivity contribution in [3.05, 3.63) is 58.6 Å². The van der Waals surface area contributed by atoms with Crippen molar-refractivity contribution < 1.29 is 9.59 Å². The molecule has 0 aliphatic heterocycles. The highest BCUT2D eigenvalue weighted by Gasteiger charge is 2.15. The number of carbonyl (C=O) groups is 2. The number of nitriles is 1. The first-order valence-electron chi connectivity index (χ1n) is 6.38. The number of aryl methyl sites for hydroxylation is 1. The zero-order valence-electron chi connectivity index (χ0n) is 11.7. The third kappa shape index (κ3) is 3.84. The van der Waals surface area contributed by atoms with E-state index in [1.807, 2.05) is 6.07 Å². The second-order valence-corrected chi connectivity index (χ2v) is 4.99. The number of anilines is 2. The first kappa shape index (κ1) is 15.5. The predicted octanol–water partition coefficient (Wildman–Crippen LogP) is 3.10. The van der Waals surface area contributed by atoms with Crippen LogP contribution >= 0.6 is 11.6 Å². The van der Waals surface area contributed by atoms with Gasteiger partial charge in [-0.05, 0) is 55.0 Å². The molecule has 6 heteroatoms. The fraction of sp³-hybridized carbons (Fsp3) is 0.0625. The molecule has 2 amide bonds. The molecule has 22 heavy (non-hydrogen) atoms. The summed E-state index contributed by atoms with van der Waals surface area (Å²) in [5.41, 5.74) is 2.18. The molecule has 2 aromatic carbocycles. The van der Waals surface area contributed by atoms with Gasteiger partial charge in [0.15, 0.2) is 0 Å². The van der Waals surface area contributed by atoms with Crippen molar-refractivity contribution in [1.29, 1.82) is 5.26 Å². The van der Waals surface area contributed by atoms with E-state index in [0.29, 0.717) is 22.0 Å². The van der Waals surface area contributed by atoms with Gasteiger partial charge in [0, 0.05) is 16.4 Å². The van der Waals surface area contributed by atoms with Crippen molar-refractivity contribution in [2.24, 2.45) is 0 Å². The normalized spacial score (nSPS) is 9.68. The van der Waals surface area contributed by atoms with Crippen LogP contribution in [0.2, 0.25) is 5.02 Å². The third-order valence-electron chi connectivity index (χ3n) is 2.91. The summed E-state index contributed by atoms with van der Waals surface area (Å²) in [6.07, 6.45) is 0. The lowest BCUT2D eigenvalue weighted by molar-refractivity contribution is -0.133. The summed E-state index contributed by atoms with van der Waals surface area (Å²) in [4.78, 5) is 23.7. The van der Waals surface area contributed by atoms with E-state index < -0.39 is 11.8 Å². The lowest BCUT2D eigenvalue weighted by Gasteiger charge is -2.09. The maximum absolute atomic E-state index is 11.9. The van der Waals surface area contributed by atoms with Crippen LogP contribution < -0.4 is 10.6 Å². The Labute approximate surface area is 132 Å². The van der Waals surface area contributed by atoms with E-state index in [-0.39, 0.29) is 0 Å². The molecule has 110 valence electrons. The summed E-state index contributed by atoms with van der Waals surface area (Å²) in [5.74, 6) is -1.58. The number of hydrogen-bond donors (Lipinski definition) is 2. The average Bonchev–Trinajstić information content (AvgIpc) is 2.50. The van der Waals surface area contributed by atoms with Crippen LogP contribution in [0.3, 0.4) is 0 Å². The lowest BCUT2D eigenvalue weighted by Crippen LogP contribution is -2.29. The van der Waals surface area contributed by atoms with Gasteiger partial charge in [-0.15, -0.1) is 0 Å². The molecule has 2 rings (SSSR count). The van der Waals surface area contributed by atoms with Gasteiger partial charge in [-0.1, -0.05) is 11.6 Å². The Kier molecular flexibility index (Phi) is 4.77. The number of carbonyl (C=O) groups excluding carboxylic acids is 2. The van der Waals surface area contributed by atoms with Crippen LogP contribution in [-0.4, -0.2) is 11.8 Å². The first-order valence-corrected chi connectivity index (χ1v) is 6.76. The fourth-order valence-corrected chi connectivity index (χ4v) is 1.99. The summed E-state index contributed by atoms with van der Waals surface area (Å²) >= 11 is 5.83. The highest BCUT2D eigenvalue weighted by Crippen LogP contribution is 2.19. The Morgan fingerprint density at radius 2 is 1.68 bits per heavy atom. The van der Waals surface area contributed by atoms with E-state index in [9.17, 15) is 9.59 Å². The Hall–Kier alpha value is -2.84. The summed E-state index contributed by atoms with van der Waals surface area (Å²) in [6, 6.07) is 13.1. The first-order chi connectivity index (χ1) is 10.5. The van der Waals surface area contributed by atoms with Gasteiger partial charge in [0.1, 0.15) is 0 Å². The minimum Gasteiger partial charge on any atom is -0.318 e. The molecule has 0 aliphatic carbocycles. The Balaban J connectivity index is 2.02. The van der Waals surface area contributed by atoms with Crippen LogP contribution in [-0.2, 0) is 9.59 Å². The molecule has 2 aromatic rings. The van der Waals surface area contributed by atoms with Crippen molar-refractivity contribution in [2.75, 3.05) is 10.6 Å². The smallest absolute Gasteiger partial charge is 0.314 e.